The van der Waals surface area contributed by atoms with Crippen LogP contribution >= 0.6 is 23.2 Å². The van der Waals surface area contributed by atoms with Gasteiger partial charge < -0.3 is 0 Å². The maximum Gasteiger partial charge on any atom is 0.173 e. The van der Waals surface area contributed by atoms with Gasteiger partial charge in [-0.1, -0.05) is 23.2 Å². The Kier molecular flexibility index (Phi) is 1.83. The Hall–Kier alpha value is -0.410. The summed E-state index contributed by atoms with van der Waals surface area (Å²) in [4.78, 5) is 0. The normalized spacial score (nSPS) is 9.67. The molecule has 0 unspecified atom stereocenters. The van der Waals surface area contributed by atoms with E-state index in [0.29, 0.717) is 0 Å². The fourth-order valence-electron chi connectivity index (χ4n) is 0.329. The Morgan fingerprint density at radius 1 is 1.44 bits per heavy atom. The van der Waals surface area contributed by atoms with Crippen molar-refractivity contribution in [3.63, 3.8) is 0 Å². The summed E-state index contributed by atoms with van der Waals surface area (Å²) in [7, 11) is 0. The van der Waals surface area contributed by atoms with Crippen LogP contribution < -0.4 is 0 Å². The van der Waals surface area contributed by atoms with Crippen molar-refractivity contribution in [2.45, 2.75) is 0 Å². The molecule has 48 valence electrons. The number of nitrogens with zero attached hydrogens (tertiary/aromatic N) is 2. The first kappa shape index (κ1) is 6.71. The van der Waals surface area contributed by atoms with Gasteiger partial charge in [-0.3, -0.25) is 0 Å². The molecular formula is C4HCl2FN2. The lowest BCUT2D eigenvalue weighted by Crippen LogP contribution is -1.85. The van der Waals surface area contributed by atoms with Crippen LogP contribution in [0.15, 0.2) is 6.20 Å². The smallest absolute Gasteiger partial charge is 0.173 e. The van der Waals surface area contributed by atoms with Gasteiger partial charge in [-0.2, -0.15) is 5.10 Å². The Morgan fingerprint density at radius 3 is 2.56 bits per heavy atom. The zero-order valence-corrected chi connectivity index (χ0v) is 5.62. The van der Waals surface area contributed by atoms with E-state index in [2.05, 4.69) is 10.2 Å². The van der Waals surface area contributed by atoms with Crippen molar-refractivity contribution in [1.82, 2.24) is 10.2 Å². The van der Waals surface area contributed by atoms with Gasteiger partial charge >= 0.3 is 0 Å². The van der Waals surface area contributed by atoms with E-state index in [-0.39, 0.29) is 10.2 Å². The fourth-order valence-corrected chi connectivity index (χ4v) is 0.550. The largest absolute Gasteiger partial charge is 0.203 e. The zero-order valence-electron chi connectivity index (χ0n) is 4.11. The minimum Gasteiger partial charge on any atom is -0.203 e. The SMILES string of the molecule is Fc1cnnc(Cl)c1Cl. The van der Waals surface area contributed by atoms with Gasteiger partial charge in [0.15, 0.2) is 11.0 Å². The van der Waals surface area contributed by atoms with E-state index < -0.39 is 5.82 Å². The second kappa shape index (κ2) is 2.45. The highest BCUT2D eigenvalue weighted by Gasteiger charge is 2.03. The number of hydrogen-bond acceptors (Lipinski definition) is 2. The lowest BCUT2D eigenvalue weighted by molar-refractivity contribution is 0.615. The molecule has 9 heavy (non-hydrogen) atoms. The summed E-state index contributed by atoms with van der Waals surface area (Å²) in [6.45, 7) is 0. The summed E-state index contributed by atoms with van der Waals surface area (Å²) < 4.78 is 12.3. The zero-order chi connectivity index (χ0) is 6.85. The lowest BCUT2D eigenvalue weighted by atomic mass is 10.6. The molecule has 1 rings (SSSR count). The maximum absolute atomic E-state index is 12.3. The van der Waals surface area contributed by atoms with Gasteiger partial charge in [0.05, 0.1) is 6.20 Å². The topological polar surface area (TPSA) is 25.8 Å². The monoisotopic (exact) mass is 166 g/mol. The summed E-state index contributed by atoms with van der Waals surface area (Å²) in [5, 5.41) is 6.18. The third kappa shape index (κ3) is 1.28. The van der Waals surface area contributed by atoms with Gasteiger partial charge in [-0.25, -0.2) is 4.39 Å². The molecule has 0 amide bonds. The van der Waals surface area contributed by atoms with Crippen LogP contribution in [0.25, 0.3) is 0 Å². The van der Waals surface area contributed by atoms with E-state index in [1.807, 2.05) is 0 Å². The molecule has 0 spiro atoms. The van der Waals surface area contributed by atoms with E-state index >= 15 is 0 Å². The van der Waals surface area contributed by atoms with E-state index in [1.54, 1.807) is 0 Å². The molecule has 0 bridgehead atoms. The Balaban J connectivity index is 3.25. The summed E-state index contributed by atoms with van der Waals surface area (Å²) in [5.74, 6) is -0.656. The Bertz CT molecular complexity index is 208. The van der Waals surface area contributed by atoms with E-state index in [0.717, 1.165) is 6.20 Å². The number of rotatable bonds is 0. The molecule has 0 saturated carbocycles. The molecule has 1 heterocycles. The average molecular weight is 167 g/mol. The Morgan fingerprint density at radius 2 is 2.11 bits per heavy atom. The Labute approximate surface area is 60.6 Å². The van der Waals surface area contributed by atoms with Gasteiger partial charge in [0.1, 0.15) is 5.02 Å². The molecule has 0 saturated heterocycles. The first-order valence-electron chi connectivity index (χ1n) is 2.04. The minimum atomic E-state index is -0.656. The second-order valence-electron chi connectivity index (χ2n) is 1.30. The van der Waals surface area contributed by atoms with Crippen LogP contribution in [0.1, 0.15) is 0 Å². The van der Waals surface area contributed by atoms with Crippen molar-refractivity contribution < 1.29 is 4.39 Å². The highest BCUT2D eigenvalue weighted by Crippen LogP contribution is 2.19. The standard InChI is InChI=1S/C4HCl2FN2/c5-3-2(7)1-8-9-4(3)6/h1H. The number of aromatic nitrogens is 2. The number of hydrogen-bond donors (Lipinski definition) is 0. The molecule has 0 N–H and O–H groups in total. The second-order valence-corrected chi connectivity index (χ2v) is 2.03. The van der Waals surface area contributed by atoms with Gasteiger partial charge in [-0.05, 0) is 0 Å². The van der Waals surface area contributed by atoms with Crippen molar-refractivity contribution in [3.05, 3.63) is 22.2 Å². The lowest BCUT2D eigenvalue weighted by Gasteiger charge is -1.90. The van der Waals surface area contributed by atoms with Crippen LogP contribution in [0.2, 0.25) is 10.2 Å². The molecule has 0 aliphatic carbocycles. The predicted molar refractivity (Wildman–Crippen MR) is 32.0 cm³/mol. The van der Waals surface area contributed by atoms with E-state index in [4.69, 9.17) is 23.2 Å². The molecule has 0 aliphatic rings. The first-order valence-corrected chi connectivity index (χ1v) is 2.79. The van der Waals surface area contributed by atoms with Crippen molar-refractivity contribution in [2.75, 3.05) is 0 Å². The van der Waals surface area contributed by atoms with E-state index in [9.17, 15) is 4.39 Å². The maximum atomic E-state index is 12.3. The average Bonchev–Trinajstić information content (AvgIpc) is 1.83. The molecule has 5 heteroatoms. The highest BCUT2D eigenvalue weighted by molar-refractivity contribution is 6.41. The molecule has 0 atom stereocenters. The van der Waals surface area contributed by atoms with E-state index in [1.165, 1.54) is 0 Å². The van der Waals surface area contributed by atoms with Crippen LogP contribution in [0.3, 0.4) is 0 Å². The van der Waals surface area contributed by atoms with Gasteiger partial charge in [-0.15, -0.1) is 5.10 Å². The third-order valence-corrected chi connectivity index (χ3v) is 1.43. The summed E-state index contributed by atoms with van der Waals surface area (Å²) in [5.41, 5.74) is 0. The number of halogens is 3. The highest BCUT2D eigenvalue weighted by atomic mass is 35.5. The molecule has 2 nitrogen and oxygen atoms in total. The van der Waals surface area contributed by atoms with Gasteiger partial charge in [0, 0.05) is 0 Å². The van der Waals surface area contributed by atoms with Crippen molar-refractivity contribution in [3.8, 4) is 0 Å². The van der Waals surface area contributed by atoms with Gasteiger partial charge in [0.25, 0.3) is 0 Å². The van der Waals surface area contributed by atoms with Crippen LogP contribution in [-0.2, 0) is 0 Å². The van der Waals surface area contributed by atoms with Crippen molar-refractivity contribution in [2.24, 2.45) is 0 Å². The molecular weight excluding hydrogens is 166 g/mol. The van der Waals surface area contributed by atoms with Crippen LogP contribution in [0, 0.1) is 5.82 Å². The minimum absolute atomic E-state index is 0.114. The quantitative estimate of drug-likeness (QED) is 0.589. The van der Waals surface area contributed by atoms with Crippen LogP contribution in [0.4, 0.5) is 4.39 Å². The summed E-state index contributed by atoms with van der Waals surface area (Å²) >= 11 is 10.5. The molecule has 0 fully saturated rings. The third-order valence-electron chi connectivity index (χ3n) is 0.707. The molecule has 0 aromatic carbocycles. The summed E-state index contributed by atoms with van der Waals surface area (Å²) in [6, 6.07) is 0. The van der Waals surface area contributed by atoms with Gasteiger partial charge in [0.2, 0.25) is 0 Å². The molecule has 0 aliphatic heterocycles. The van der Waals surface area contributed by atoms with Crippen LogP contribution in [0.5, 0.6) is 0 Å². The molecule has 1 aromatic rings. The van der Waals surface area contributed by atoms with Crippen LogP contribution in [-0.4, -0.2) is 10.2 Å². The predicted octanol–water partition coefficient (Wildman–Crippen LogP) is 1.92. The van der Waals surface area contributed by atoms with Crippen molar-refractivity contribution in [1.29, 1.82) is 0 Å². The van der Waals surface area contributed by atoms with Crippen molar-refractivity contribution >= 4 is 23.2 Å². The molecule has 0 radical (unpaired) electrons. The fraction of sp³-hybridized carbons (Fsp3) is 0. The molecule has 1 aromatic heterocycles. The summed E-state index contributed by atoms with van der Waals surface area (Å²) in [6.07, 6.45) is 0.897. The first-order chi connectivity index (χ1) is 4.22.